The van der Waals surface area contributed by atoms with Crippen LogP contribution in [0.15, 0.2) is 36.5 Å². The number of alkyl halides is 3. The van der Waals surface area contributed by atoms with Crippen molar-refractivity contribution in [3.8, 4) is 0 Å². The fraction of sp³-hybridized carbons (Fsp3) is 0.312. The van der Waals surface area contributed by atoms with Crippen LogP contribution in [0, 0.1) is 5.92 Å². The Morgan fingerprint density at radius 1 is 1.24 bits per heavy atom. The molecule has 0 aliphatic heterocycles. The number of carboxylic acid groups (broad SMARTS) is 1. The molecule has 0 saturated heterocycles. The molecule has 0 aliphatic rings. The van der Waals surface area contributed by atoms with E-state index in [1.54, 1.807) is 6.92 Å². The first-order valence-electron chi connectivity index (χ1n) is 7.37. The average molecular weight is 355 g/mol. The number of aromatic nitrogens is 2. The maximum absolute atomic E-state index is 12.5. The van der Waals surface area contributed by atoms with E-state index < -0.39 is 23.6 Å². The monoisotopic (exact) mass is 355 g/mol. The Morgan fingerprint density at radius 2 is 1.88 bits per heavy atom. The van der Waals surface area contributed by atoms with Gasteiger partial charge in [0.05, 0.1) is 5.56 Å². The minimum atomic E-state index is -4.39. The van der Waals surface area contributed by atoms with Crippen LogP contribution in [0.3, 0.4) is 0 Å². The van der Waals surface area contributed by atoms with Crippen molar-refractivity contribution in [1.82, 2.24) is 9.78 Å². The maximum Gasteiger partial charge on any atom is 0.416 e. The number of benzene rings is 1. The molecular weight excluding hydrogens is 339 g/mol. The van der Waals surface area contributed by atoms with Crippen molar-refractivity contribution in [2.75, 3.05) is 5.32 Å². The van der Waals surface area contributed by atoms with Gasteiger partial charge < -0.3 is 10.4 Å². The van der Waals surface area contributed by atoms with Gasteiger partial charge in [0, 0.05) is 18.2 Å². The molecule has 0 aliphatic carbocycles. The van der Waals surface area contributed by atoms with Crippen molar-refractivity contribution in [2.24, 2.45) is 5.92 Å². The van der Waals surface area contributed by atoms with E-state index in [2.05, 4.69) is 10.4 Å². The zero-order chi connectivity index (χ0) is 18.6. The second-order valence-electron chi connectivity index (χ2n) is 5.58. The van der Waals surface area contributed by atoms with Crippen molar-refractivity contribution in [3.63, 3.8) is 0 Å². The maximum atomic E-state index is 12.5. The summed E-state index contributed by atoms with van der Waals surface area (Å²) in [5.74, 6) is -1.70. The van der Waals surface area contributed by atoms with Crippen molar-refractivity contribution >= 4 is 17.7 Å². The van der Waals surface area contributed by atoms with Gasteiger partial charge in [-0.05, 0) is 24.1 Å². The first kappa shape index (κ1) is 18.5. The zero-order valence-electron chi connectivity index (χ0n) is 13.2. The number of carboxylic acids is 1. The molecule has 1 atom stereocenters. The van der Waals surface area contributed by atoms with Gasteiger partial charge in [-0.25, -0.2) is 0 Å². The topological polar surface area (TPSA) is 84.2 Å². The molecule has 0 radical (unpaired) electrons. The number of carbonyl (C=O) groups excluding carboxylic acids is 1. The lowest BCUT2D eigenvalue weighted by molar-refractivity contribution is -0.138. The highest BCUT2D eigenvalue weighted by Crippen LogP contribution is 2.29. The number of anilines is 1. The molecule has 6 nitrogen and oxygen atoms in total. The molecule has 2 aromatic rings. The van der Waals surface area contributed by atoms with Crippen molar-refractivity contribution in [3.05, 3.63) is 47.7 Å². The highest BCUT2D eigenvalue weighted by atomic mass is 19.4. The fourth-order valence-corrected chi connectivity index (χ4v) is 2.18. The number of carbonyl (C=O) groups is 2. The van der Waals surface area contributed by atoms with Gasteiger partial charge in [-0.2, -0.15) is 18.3 Å². The number of halogens is 3. The first-order chi connectivity index (χ1) is 11.6. The lowest BCUT2D eigenvalue weighted by atomic mass is 9.99. The van der Waals surface area contributed by atoms with Crippen LogP contribution in [-0.4, -0.2) is 26.8 Å². The molecule has 0 bridgehead atoms. The molecule has 2 N–H and O–H groups in total. The summed E-state index contributed by atoms with van der Waals surface area (Å²) in [5.41, 5.74) is -0.135. The summed E-state index contributed by atoms with van der Waals surface area (Å²) in [6, 6.07) is 6.11. The first-order valence-corrected chi connectivity index (χ1v) is 7.37. The lowest BCUT2D eigenvalue weighted by Gasteiger charge is -2.12. The molecule has 1 aromatic heterocycles. The predicted molar refractivity (Wildman–Crippen MR) is 82.8 cm³/mol. The summed E-state index contributed by atoms with van der Waals surface area (Å²) in [6.45, 7) is 1.32. The van der Waals surface area contributed by atoms with E-state index in [1.165, 1.54) is 29.1 Å². The van der Waals surface area contributed by atoms with Gasteiger partial charge >= 0.3 is 12.1 Å². The normalized spacial score (nSPS) is 12.6. The second-order valence-corrected chi connectivity index (χ2v) is 5.58. The van der Waals surface area contributed by atoms with E-state index in [9.17, 15) is 22.8 Å². The zero-order valence-corrected chi connectivity index (χ0v) is 13.2. The van der Waals surface area contributed by atoms with Gasteiger partial charge in [-0.15, -0.1) is 0 Å². The number of hydrogen-bond donors (Lipinski definition) is 2. The van der Waals surface area contributed by atoms with E-state index in [0.717, 1.165) is 12.1 Å². The Kier molecular flexibility index (Phi) is 5.45. The van der Waals surface area contributed by atoms with Crippen molar-refractivity contribution < 1.29 is 27.9 Å². The molecule has 0 spiro atoms. The van der Waals surface area contributed by atoms with Crippen LogP contribution in [0.25, 0.3) is 0 Å². The summed E-state index contributed by atoms with van der Waals surface area (Å²) in [4.78, 5) is 22.7. The van der Waals surface area contributed by atoms with E-state index in [0.29, 0.717) is 5.56 Å². The van der Waals surface area contributed by atoms with Crippen LogP contribution < -0.4 is 5.32 Å². The summed E-state index contributed by atoms with van der Waals surface area (Å²) in [5, 5.41) is 15.1. The van der Waals surface area contributed by atoms with Gasteiger partial charge in [0.25, 0.3) is 0 Å². The largest absolute Gasteiger partial charge is 0.480 e. The number of nitrogens with zero attached hydrogens (tertiary/aromatic N) is 2. The Morgan fingerprint density at radius 3 is 2.44 bits per heavy atom. The molecule has 1 heterocycles. The van der Waals surface area contributed by atoms with Crippen LogP contribution in [-0.2, 0) is 28.7 Å². The van der Waals surface area contributed by atoms with Gasteiger partial charge in [0.1, 0.15) is 6.54 Å². The molecule has 1 aromatic carbocycles. The van der Waals surface area contributed by atoms with E-state index in [-0.39, 0.29) is 24.7 Å². The molecular formula is C16H16F3N3O3. The molecule has 9 heteroatoms. The summed E-state index contributed by atoms with van der Waals surface area (Å²) in [7, 11) is 0. The predicted octanol–water partition coefficient (Wildman–Crippen LogP) is 2.80. The minimum Gasteiger partial charge on any atom is -0.480 e. The highest BCUT2D eigenvalue weighted by molar-refractivity contribution is 5.91. The van der Waals surface area contributed by atoms with Crippen molar-refractivity contribution in [2.45, 2.75) is 26.1 Å². The van der Waals surface area contributed by atoms with Crippen molar-refractivity contribution in [1.29, 1.82) is 0 Å². The Labute approximate surface area is 141 Å². The third-order valence-corrected chi connectivity index (χ3v) is 3.46. The van der Waals surface area contributed by atoms with Gasteiger partial charge in [0.2, 0.25) is 5.91 Å². The van der Waals surface area contributed by atoms with Gasteiger partial charge in [0.15, 0.2) is 5.82 Å². The Bertz CT molecular complexity index is 754. The van der Waals surface area contributed by atoms with Gasteiger partial charge in [-0.3, -0.25) is 14.3 Å². The fourth-order valence-electron chi connectivity index (χ4n) is 2.18. The van der Waals surface area contributed by atoms with Gasteiger partial charge in [-0.1, -0.05) is 19.1 Å². The van der Waals surface area contributed by atoms with Crippen LogP contribution in [0.4, 0.5) is 19.0 Å². The van der Waals surface area contributed by atoms with Crippen LogP contribution in [0.2, 0.25) is 0 Å². The van der Waals surface area contributed by atoms with Crippen LogP contribution in [0.5, 0.6) is 0 Å². The third-order valence-electron chi connectivity index (χ3n) is 3.46. The van der Waals surface area contributed by atoms with E-state index in [4.69, 9.17) is 5.11 Å². The summed E-state index contributed by atoms with van der Waals surface area (Å²) in [6.07, 6.45) is -2.71. The van der Waals surface area contributed by atoms with Crippen LogP contribution in [0.1, 0.15) is 18.1 Å². The smallest absolute Gasteiger partial charge is 0.416 e. The molecule has 1 amide bonds. The summed E-state index contributed by atoms with van der Waals surface area (Å²) >= 11 is 0. The quantitative estimate of drug-likeness (QED) is 0.835. The molecule has 134 valence electrons. The van der Waals surface area contributed by atoms with Crippen LogP contribution >= 0.6 is 0 Å². The number of aliphatic carboxylic acids is 1. The molecule has 1 unspecified atom stereocenters. The summed E-state index contributed by atoms with van der Waals surface area (Å²) < 4.78 is 38.7. The Balaban J connectivity index is 1.93. The second kappa shape index (κ2) is 7.37. The number of rotatable bonds is 6. The highest BCUT2D eigenvalue weighted by Gasteiger charge is 2.30. The molecule has 2 rings (SSSR count). The lowest BCUT2D eigenvalue weighted by Crippen LogP contribution is -2.22. The average Bonchev–Trinajstić information content (AvgIpc) is 2.93. The standard InChI is InChI=1S/C16H16F3N3O3/c1-10(8-11-2-4-12(5-3-11)16(17,18)19)15(25)20-13-6-7-22(21-13)9-14(23)24/h2-7,10H,8-9H2,1H3,(H,23,24)(H,20,21,25). The minimum absolute atomic E-state index is 0.213. The molecule has 25 heavy (non-hydrogen) atoms. The molecule has 0 fully saturated rings. The third kappa shape index (κ3) is 5.33. The van der Waals surface area contributed by atoms with E-state index >= 15 is 0 Å². The Hall–Kier alpha value is -2.84. The SMILES string of the molecule is CC(Cc1ccc(C(F)(F)F)cc1)C(=O)Nc1ccn(CC(=O)O)n1. The van der Waals surface area contributed by atoms with E-state index in [1.807, 2.05) is 0 Å². The number of hydrogen-bond acceptors (Lipinski definition) is 3. The number of amides is 1. The number of nitrogens with one attached hydrogen (secondary N) is 1. The molecule has 0 saturated carbocycles.